The Morgan fingerprint density at radius 2 is 0.611 bits per heavy atom. The van der Waals surface area contributed by atoms with E-state index in [4.69, 9.17) is 0 Å². The van der Waals surface area contributed by atoms with E-state index in [2.05, 4.69) is 217 Å². The van der Waals surface area contributed by atoms with Crippen molar-refractivity contribution in [3.05, 3.63) is 212 Å². The number of benzene rings is 9. The molecular weight excluding hydrogens is 671 g/mol. The predicted octanol–water partition coefficient (Wildman–Crippen LogP) is 15.3. The topological polar surface area (TPSA) is 3.24 Å². The maximum atomic E-state index is 2.36. The lowest BCUT2D eigenvalue weighted by Gasteiger charge is -2.26. The van der Waals surface area contributed by atoms with Gasteiger partial charge in [0.1, 0.15) is 0 Å². The molecule has 54 heavy (non-hydrogen) atoms. The fraction of sp³-hybridized carbons (Fsp3) is 0. The minimum Gasteiger partial charge on any atom is -0.310 e. The number of fused-ring (bicyclic) bond motifs is 3. The van der Waals surface area contributed by atoms with Crippen molar-refractivity contribution in [3.8, 4) is 44.5 Å². The average molecular weight is 706 g/mol. The van der Waals surface area contributed by atoms with E-state index in [1.807, 2.05) is 0 Å². The van der Waals surface area contributed by atoms with E-state index in [9.17, 15) is 0 Å². The van der Waals surface area contributed by atoms with Gasteiger partial charge in [-0.15, -0.1) is 11.3 Å². The first-order valence-electron chi connectivity index (χ1n) is 18.4. The van der Waals surface area contributed by atoms with E-state index in [0.29, 0.717) is 0 Å². The predicted molar refractivity (Wildman–Crippen MR) is 233 cm³/mol. The quantitative estimate of drug-likeness (QED) is 0.160. The molecule has 9 aromatic carbocycles. The summed E-state index contributed by atoms with van der Waals surface area (Å²) in [7, 11) is 0. The molecule has 10 rings (SSSR count). The van der Waals surface area contributed by atoms with Crippen molar-refractivity contribution in [1.29, 1.82) is 0 Å². The standard InChI is InChI=1S/C52H35NS/c1-3-7-45-33-47(19-17-36(45)5-1)42-13-9-38(10-14-42)40-21-26-49(27-22-40)53(51-30-25-44-31-32-54-52(44)35-51)50-28-23-41(24-29-50)39-11-15-43(16-12-39)48-20-18-37-6-2-4-8-46(37)34-48/h1-35H. The number of nitrogens with zero attached hydrogens (tertiary/aromatic N) is 1. The number of hydrogen-bond donors (Lipinski definition) is 0. The number of anilines is 3. The van der Waals surface area contributed by atoms with Crippen molar-refractivity contribution in [2.75, 3.05) is 4.90 Å². The van der Waals surface area contributed by atoms with E-state index in [1.54, 1.807) is 11.3 Å². The third-order valence-electron chi connectivity index (χ3n) is 10.6. The van der Waals surface area contributed by atoms with Gasteiger partial charge in [0.25, 0.3) is 0 Å². The summed E-state index contributed by atoms with van der Waals surface area (Å²) in [4.78, 5) is 2.36. The molecule has 0 bridgehead atoms. The zero-order chi connectivity index (χ0) is 35.8. The molecule has 0 spiro atoms. The minimum absolute atomic E-state index is 1.12. The third-order valence-corrected chi connectivity index (χ3v) is 11.4. The Bertz CT molecular complexity index is 2740. The lowest BCUT2D eigenvalue weighted by Crippen LogP contribution is -2.09. The first-order chi connectivity index (χ1) is 26.7. The van der Waals surface area contributed by atoms with Gasteiger partial charge in [-0.3, -0.25) is 0 Å². The lowest BCUT2D eigenvalue weighted by molar-refractivity contribution is 1.29. The molecule has 0 amide bonds. The summed E-state index contributed by atoms with van der Waals surface area (Å²) in [5.41, 5.74) is 13.1. The zero-order valence-electron chi connectivity index (χ0n) is 29.6. The zero-order valence-corrected chi connectivity index (χ0v) is 30.4. The fourth-order valence-corrected chi connectivity index (χ4v) is 8.41. The van der Waals surface area contributed by atoms with Crippen molar-refractivity contribution in [2.24, 2.45) is 0 Å². The van der Waals surface area contributed by atoms with Gasteiger partial charge in [-0.05, 0) is 131 Å². The molecule has 0 radical (unpaired) electrons. The molecule has 0 fully saturated rings. The Morgan fingerprint density at radius 1 is 0.259 bits per heavy atom. The second-order valence-corrected chi connectivity index (χ2v) is 14.8. The molecule has 0 N–H and O–H groups in total. The highest BCUT2D eigenvalue weighted by Gasteiger charge is 2.15. The van der Waals surface area contributed by atoms with Crippen molar-refractivity contribution in [1.82, 2.24) is 0 Å². The second kappa shape index (κ2) is 13.7. The van der Waals surface area contributed by atoms with Crippen molar-refractivity contribution >= 4 is 60.0 Å². The lowest BCUT2D eigenvalue weighted by atomic mass is 9.98. The van der Waals surface area contributed by atoms with Crippen molar-refractivity contribution in [3.63, 3.8) is 0 Å². The molecule has 0 aliphatic rings. The van der Waals surface area contributed by atoms with Crippen LogP contribution in [0.5, 0.6) is 0 Å². The SMILES string of the molecule is c1ccc2cc(-c3ccc(-c4ccc(N(c5ccc(-c6ccc(-c7ccc8ccccc8c7)cc6)cc5)c5ccc6ccsc6c5)cc4)cc3)ccc2c1. The van der Waals surface area contributed by atoms with Crippen molar-refractivity contribution in [2.45, 2.75) is 0 Å². The minimum atomic E-state index is 1.12. The van der Waals surface area contributed by atoms with Gasteiger partial charge < -0.3 is 4.90 Å². The molecule has 0 unspecified atom stereocenters. The fourth-order valence-electron chi connectivity index (χ4n) is 7.58. The Morgan fingerprint density at radius 3 is 1.07 bits per heavy atom. The van der Waals surface area contributed by atoms with Gasteiger partial charge in [-0.2, -0.15) is 0 Å². The molecule has 0 saturated carbocycles. The van der Waals surface area contributed by atoms with Gasteiger partial charge in [0.05, 0.1) is 0 Å². The van der Waals surface area contributed by atoms with Crippen molar-refractivity contribution < 1.29 is 0 Å². The monoisotopic (exact) mass is 705 g/mol. The second-order valence-electron chi connectivity index (χ2n) is 13.9. The van der Waals surface area contributed by atoms with Crippen LogP contribution in [0, 0.1) is 0 Å². The van der Waals surface area contributed by atoms with Crippen LogP contribution >= 0.6 is 11.3 Å². The van der Waals surface area contributed by atoms with Gasteiger partial charge >= 0.3 is 0 Å². The van der Waals surface area contributed by atoms with Crippen LogP contribution in [0.15, 0.2) is 212 Å². The summed E-state index contributed by atoms with van der Waals surface area (Å²) in [6.45, 7) is 0. The van der Waals surface area contributed by atoms with Crippen LogP contribution in [0.2, 0.25) is 0 Å². The van der Waals surface area contributed by atoms with Crippen LogP contribution in [0.1, 0.15) is 0 Å². The summed E-state index contributed by atoms with van der Waals surface area (Å²) in [5.74, 6) is 0. The van der Waals surface area contributed by atoms with Gasteiger partial charge in [-0.1, -0.05) is 152 Å². The smallest absolute Gasteiger partial charge is 0.0476 e. The van der Waals surface area contributed by atoms with Crippen LogP contribution in [0.25, 0.3) is 76.1 Å². The number of hydrogen-bond acceptors (Lipinski definition) is 2. The molecular formula is C52H35NS. The van der Waals surface area contributed by atoms with E-state index < -0.39 is 0 Å². The molecule has 0 aliphatic carbocycles. The third kappa shape index (κ3) is 6.13. The summed E-state index contributed by atoms with van der Waals surface area (Å²) in [5, 5.41) is 8.49. The first-order valence-corrected chi connectivity index (χ1v) is 19.3. The van der Waals surface area contributed by atoms with Crippen LogP contribution in [-0.2, 0) is 0 Å². The van der Waals surface area contributed by atoms with E-state index in [1.165, 1.54) is 76.1 Å². The summed E-state index contributed by atoms with van der Waals surface area (Å²) < 4.78 is 1.28. The largest absolute Gasteiger partial charge is 0.310 e. The van der Waals surface area contributed by atoms with Crippen LogP contribution < -0.4 is 4.90 Å². The Balaban J connectivity index is 0.935. The summed E-state index contributed by atoms with van der Waals surface area (Å²) in [6, 6.07) is 75.2. The van der Waals surface area contributed by atoms with Gasteiger partial charge in [-0.25, -0.2) is 0 Å². The average Bonchev–Trinajstić information content (AvgIpc) is 3.72. The van der Waals surface area contributed by atoms with Crippen LogP contribution in [0.4, 0.5) is 17.1 Å². The number of rotatable bonds is 7. The number of thiophene rings is 1. The summed E-state index contributed by atoms with van der Waals surface area (Å²) >= 11 is 1.78. The van der Waals surface area contributed by atoms with Crippen LogP contribution in [-0.4, -0.2) is 0 Å². The normalized spacial score (nSPS) is 11.3. The molecule has 0 aliphatic heterocycles. The van der Waals surface area contributed by atoms with Crippen LogP contribution in [0.3, 0.4) is 0 Å². The van der Waals surface area contributed by atoms with E-state index >= 15 is 0 Å². The van der Waals surface area contributed by atoms with Gasteiger partial charge in [0.2, 0.25) is 0 Å². The molecule has 0 saturated heterocycles. The molecule has 1 nitrogen and oxygen atoms in total. The maximum Gasteiger partial charge on any atom is 0.0476 e. The Kier molecular flexibility index (Phi) is 8.09. The Labute approximate surface area is 319 Å². The van der Waals surface area contributed by atoms with Gasteiger partial charge in [0, 0.05) is 21.8 Å². The molecule has 2 heteroatoms. The Hall–Kier alpha value is -6.74. The van der Waals surface area contributed by atoms with Gasteiger partial charge in [0.15, 0.2) is 0 Å². The highest BCUT2D eigenvalue weighted by molar-refractivity contribution is 7.17. The molecule has 1 aromatic heterocycles. The van der Waals surface area contributed by atoms with E-state index in [0.717, 1.165) is 17.1 Å². The molecule has 254 valence electrons. The van der Waals surface area contributed by atoms with E-state index in [-0.39, 0.29) is 0 Å². The molecule has 0 atom stereocenters. The summed E-state index contributed by atoms with van der Waals surface area (Å²) in [6.07, 6.45) is 0. The first kappa shape index (κ1) is 32.0. The highest BCUT2D eigenvalue weighted by atomic mass is 32.1. The maximum absolute atomic E-state index is 2.36. The molecule has 10 aromatic rings. The molecule has 1 heterocycles. The highest BCUT2D eigenvalue weighted by Crippen LogP contribution is 2.39.